The zero-order chi connectivity index (χ0) is 14.8. The Morgan fingerprint density at radius 2 is 1.95 bits per heavy atom. The Balaban J connectivity index is 1.77. The molecule has 2 aliphatic heterocycles. The van der Waals surface area contributed by atoms with Crippen molar-refractivity contribution >= 4 is 17.5 Å². The first kappa shape index (κ1) is 14.1. The molecule has 1 aromatic carbocycles. The molecular formula is C16H21N3O2. The molecule has 2 heterocycles. The lowest BCUT2D eigenvalue weighted by Gasteiger charge is -2.37. The summed E-state index contributed by atoms with van der Waals surface area (Å²) in [6.45, 7) is 6.52. The molecule has 2 aliphatic rings. The maximum Gasteiger partial charge on any atom is 0.230 e. The molecule has 1 N–H and O–H groups in total. The van der Waals surface area contributed by atoms with Crippen molar-refractivity contribution in [1.82, 2.24) is 9.80 Å². The minimum Gasteiger partial charge on any atom is -0.340 e. The van der Waals surface area contributed by atoms with Gasteiger partial charge in [0.25, 0.3) is 0 Å². The van der Waals surface area contributed by atoms with Gasteiger partial charge in [-0.25, -0.2) is 0 Å². The highest BCUT2D eigenvalue weighted by Crippen LogP contribution is 2.33. The van der Waals surface area contributed by atoms with Crippen molar-refractivity contribution in [2.75, 3.05) is 38.0 Å². The lowest BCUT2D eigenvalue weighted by Crippen LogP contribution is -2.50. The summed E-state index contributed by atoms with van der Waals surface area (Å²) < 4.78 is 0. The fraction of sp³-hybridized carbons (Fsp3) is 0.500. The number of fused-ring (bicyclic) bond motifs is 1. The van der Waals surface area contributed by atoms with Crippen LogP contribution in [0.5, 0.6) is 0 Å². The highest BCUT2D eigenvalue weighted by Gasteiger charge is 2.34. The van der Waals surface area contributed by atoms with Crippen molar-refractivity contribution in [3.05, 3.63) is 29.8 Å². The van der Waals surface area contributed by atoms with E-state index in [4.69, 9.17) is 0 Å². The van der Waals surface area contributed by atoms with E-state index in [1.54, 1.807) is 0 Å². The van der Waals surface area contributed by atoms with Crippen molar-refractivity contribution in [2.24, 2.45) is 0 Å². The standard InChI is InChI=1S/C16H21N3O2/c1-2-18-7-9-19(10-8-18)16(21)13-11-15(20)17-14-6-4-3-5-12(13)14/h3-6,13H,2,7-11H2,1H3,(H,17,20). The van der Waals surface area contributed by atoms with Gasteiger partial charge < -0.3 is 15.1 Å². The molecule has 112 valence electrons. The Morgan fingerprint density at radius 1 is 1.24 bits per heavy atom. The van der Waals surface area contributed by atoms with Crippen LogP contribution in [0.2, 0.25) is 0 Å². The number of piperazine rings is 1. The second kappa shape index (κ2) is 5.85. The Labute approximate surface area is 124 Å². The summed E-state index contributed by atoms with van der Waals surface area (Å²) in [4.78, 5) is 28.9. The van der Waals surface area contributed by atoms with Crippen LogP contribution in [0.15, 0.2) is 24.3 Å². The normalized spacial score (nSPS) is 22.6. The van der Waals surface area contributed by atoms with Gasteiger partial charge in [0.2, 0.25) is 11.8 Å². The smallest absolute Gasteiger partial charge is 0.230 e. The Hall–Kier alpha value is -1.88. The Bertz CT molecular complexity index is 550. The predicted octanol–water partition coefficient (Wildman–Crippen LogP) is 1.28. The minimum atomic E-state index is -0.330. The van der Waals surface area contributed by atoms with Crippen molar-refractivity contribution < 1.29 is 9.59 Å². The van der Waals surface area contributed by atoms with E-state index in [9.17, 15) is 9.59 Å². The zero-order valence-electron chi connectivity index (χ0n) is 12.3. The van der Waals surface area contributed by atoms with Gasteiger partial charge in [-0.3, -0.25) is 9.59 Å². The first-order valence-electron chi connectivity index (χ1n) is 7.59. The number of amides is 2. The van der Waals surface area contributed by atoms with Gasteiger partial charge in [0.1, 0.15) is 0 Å². The lowest BCUT2D eigenvalue weighted by molar-refractivity contribution is -0.136. The first-order valence-corrected chi connectivity index (χ1v) is 7.59. The fourth-order valence-electron chi connectivity index (χ4n) is 3.14. The van der Waals surface area contributed by atoms with Crippen LogP contribution < -0.4 is 5.32 Å². The summed E-state index contributed by atoms with van der Waals surface area (Å²) in [6, 6.07) is 7.61. The third-order valence-electron chi connectivity index (χ3n) is 4.43. The number of carbonyl (C=O) groups excluding carboxylic acids is 2. The van der Waals surface area contributed by atoms with Gasteiger partial charge in [-0.15, -0.1) is 0 Å². The molecule has 0 aliphatic carbocycles. The summed E-state index contributed by atoms with van der Waals surface area (Å²) >= 11 is 0. The highest BCUT2D eigenvalue weighted by atomic mass is 16.2. The van der Waals surface area contributed by atoms with Crippen molar-refractivity contribution in [1.29, 1.82) is 0 Å². The van der Waals surface area contributed by atoms with Gasteiger partial charge in [0, 0.05) is 38.3 Å². The van der Waals surface area contributed by atoms with Gasteiger partial charge >= 0.3 is 0 Å². The van der Waals surface area contributed by atoms with Gasteiger partial charge in [0.05, 0.1) is 5.92 Å². The third kappa shape index (κ3) is 2.78. The predicted molar refractivity (Wildman–Crippen MR) is 81.1 cm³/mol. The summed E-state index contributed by atoms with van der Waals surface area (Å²) in [5, 5.41) is 2.85. The lowest BCUT2D eigenvalue weighted by atomic mass is 9.89. The molecule has 2 amide bonds. The van der Waals surface area contributed by atoms with Crippen LogP contribution in [0.1, 0.15) is 24.8 Å². The van der Waals surface area contributed by atoms with E-state index in [2.05, 4.69) is 17.1 Å². The van der Waals surface area contributed by atoms with Gasteiger partial charge in [-0.1, -0.05) is 25.1 Å². The van der Waals surface area contributed by atoms with E-state index in [1.807, 2.05) is 29.2 Å². The number of benzene rings is 1. The molecule has 1 saturated heterocycles. The van der Waals surface area contributed by atoms with Crippen LogP contribution >= 0.6 is 0 Å². The highest BCUT2D eigenvalue weighted by molar-refractivity contribution is 6.01. The molecule has 0 bridgehead atoms. The van der Waals surface area contributed by atoms with Crippen molar-refractivity contribution in [3.63, 3.8) is 0 Å². The van der Waals surface area contributed by atoms with E-state index in [-0.39, 0.29) is 24.2 Å². The number of anilines is 1. The first-order chi connectivity index (χ1) is 10.2. The molecule has 0 spiro atoms. The second-order valence-electron chi connectivity index (χ2n) is 5.65. The molecule has 1 unspecified atom stereocenters. The maximum absolute atomic E-state index is 12.8. The van der Waals surface area contributed by atoms with E-state index >= 15 is 0 Å². The molecule has 5 nitrogen and oxygen atoms in total. The summed E-state index contributed by atoms with van der Waals surface area (Å²) in [5.74, 6) is -0.310. The number of hydrogen-bond donors (Lipinski definition) is 1. The molecule has 3 rings (SSSR count). The number of nitrogens with zero attached hydrogens (tertiary/aromatic N) is 2. The number of nitrogens with one attached hydrogen (secondary N) is 1. The number of carbonyl (C=O) groups is 2. The molecule has 21 heavy (non-hydrogen) atoms. The molecule has 0 saturated carbocycles. The number of likely N-dealkylation sites (N-methyl/N-ethyl adjacent to an activating group) is 1. The van der Waals surface area contributed by atoms with E-state index in [0.717, 1.165) is 44.0 Å². The van der Waals surface area contributed by atoms with Crippen molar-refractivity contribution in [3.8, 4) is 0 Å². The van der Waals surface area contributed by atoms with Gasteiger partial charge in [0.15, 0.2) is 0 Å². The average molecular weight is 287 g/mol. The summed E-state index contributed by atoms with van der Waals surface area (Å²) in [7, 11) is 0. The van der Waals surface area contributed by atoms with Crippen LogP contribution in [-0.2, 0) is 9.59 Å². The summed E-state index contributed by atoms with van der Waals surface area (Å²) in [6.07, 6.45) is 0.254. The molecule has 1 aromatic rings. The number of rotatable bonds is 2. The average Bonchev–Trinajstić information content (AvgIpc) is 2.53. The van der Waals surface area contributed by atoms with E-state index < -0.39 is 0 Å². The zero-order valence-corrected chi connectivity index (χ0v) is 12.3. The molecule has 1 atom stereocenters. The van der Waals surface area contributed by atoms with E-state index in [0.29, 0.717) is 0 Å². The van der Waals surface area contributed by atoms with Gasteiger partial charge in [-0.2, -0.15) is 0 Å². The Kier molecular flexibility index (Phi) is 3.92. The number of hydrogen-bond acceptors (Lipinski definition) is 3. The Morgan fingerprint density at radius 3 is 2.67 bits per heavy atom. The summed E-state index contributed by atoms with van der Waals surface area (Å²) in [5.41, 5.74) is 1.72. The molecule has 0 aromatic heterocycles. The number of para-hydroxylation sites is 1. The van der Waals surface area contributed by atoms with Gasteiger partial charge in [-0.05, 0) is 18.2 Å². The minimum absolute atomic E-state index is 0.0701. The third-order valence-corrected chi connectivity index (χ3v) is 4.43. The molecule has 0 radical (unpaired) electrons. The van der Waals surface area contributed by atoms with Crippen LogP contribution in [0, 0.1) is 0 Å². The molecule has 5 heteroatoms. The van der Waals surface area contributed by atoms with Crippen molar-refractivity contribution in [2.45, 2.75) is 19.3 Å². The largest absolute Gasteiger partial charge is 0.340 e. The second-order valence-corrected chi connectivity index (χ2v) is 5.65. The van der Waals surface area contributed by atoms with Crippen LogP contribution in [0.4, 0.5) is 5.69 Å². The molecular weight excluding hydrogens is 266 g/mol. The SMILES string of the molecule is CCN1CCN(C(=O)C2CC(=O)Nc3ccccc32)CC1. The van der Waals surface area contributed by atoms with E-state index in [1.165, 1.54) is 0 Å². The topological polar surface area (TPSA) is 52.7 Å². The molecule has 1 fully saturated rings. The van der Waals surface area contributed by atoms with Crippen LogP contribution in [0.25, 0.3) is 0 Å². The van der Waals surface area contributed by atoms with Crippen LogP contribution in [-0.4, -0.2) is 54.3 Å². The maximum atomic E-state index is 12.8. The van der Waals surface area contributed by atoms with Crippen LogP contribution in [0.3, 0.4) is 0 Å². The monoisotopic (exact) mass is 287 g/mol. The fourth-order valence-corrected chi connectivity index (χ4v) is 3.14. The quantitative estimate of drug-likeness (QED) is 0.891.